The van der Waals surface area contributed by atoms with Crippen LogP contribution in [0.1, 0.15) is 22.3 Å². The van der Waals surface area contributed by atoms with Crippen molar-refractivity contribution < 1.29 is 14.0 Å². The maximum Gasteiger partial charge on any atom is 0.252 e. The van der Waals surface area contributed by atoms with Crippen LogP contribution in [0.15, 0.2) is 53.4 Å². The van der Waals surface area contributed by atoms with Gasteiger partial charge in [0.1, 0.15) is 5.82 Å². The summed E-state index contributed by atoms with van der Waals surface area (Å²) in [4.78, 5) is 27.3. The average Bonchev–Trinajstić information content (AvgIpc) is 3.01. The van der Waals surface area contributed by atoms with Crippen molar-refractivity contribution in [3.05, 3.63) is 65.5 Å². The minimum atomic E-state index is -0.285. The number of thioether (sulfide) groups is 1. The highest BCUT2D eigenvalue weighted by atomic mass is 32.2. The van der Waals surface area contributed by atoms with Crippen LogP contribution in [-0.4, -0.2) is 36.1 Å². The Bertz CT molecular complexity index is 795. The van der Waals surface area contributed by atoms with E-state index in [1.54, 1.807) is 17.0 Å². The highest BCUT2D eigenvalue weighted by Crippen LogP contribution is 2.22. The van der Waals surface area contributed by atoms with E-state index < -0.39 is 0 Å². The van der Waals surface area contributed by atoms with Gasteiger partial charge in [0.25, 0.3) is 5.91 Å². The van der Waals surface area contributed by atoms with E-state index in [0.717, 1.165) is 10.5 Å². The van der Waals surface area contributed by atoms with E-state index >= 15 is 0 Å². The second-order valence-corrected chi connectivity index (χ2v) is 7.23. The summed E-state index contributed by atoms with van der Waals surface area (Å²) in [6.45, 7) is 1.53. The number of carbonyl (C=O) groups excluding carboxylic acids is 2. The van der Waals surface area contributed by atoms with Crippen LogP contribution in [0, 0.1) is 11.7 Å². The monoisotopic (exact) mass is 372 g/mol. The minimum absolute atomic E-state index is 0.0677. The second kappa shape index (κ2) is 8.36. The van der Waals surface area contributed by atoms with Crippen molar-refractivity contribution in [2.24, 2.45) is 5.92 Å². The molecule has 1 unspecified atom stereocenters. The molecule has 0 spiro atoms. The highest BCUT2D eigenvalue weighted by molar-refractivity contribution is 7.98. The molecule has 1 aliphatic rings. The summed E-state index contributed by atoms with van der Waals surface area (Å²) in [6, 6.07) is 13.7. The predicted molar refractivity (Wildman–Crippen MR) is 100 cm³/mol. The minimum Gasteiger partial charge on any atom is -0.352 e. The van der Waals surface area contributed by atoms with Crippen LogP contribution in [0.3, 0.4) is 0 Å². The summed E-state index contributed by atoms with van der Waals surface area (Å²) in [5.74, 6) is -0.238. The molecule has 0 aliphatic carbocycles. The van der Waals surface area contributed by atoms with Gasteiger partial charge in [-0.15, -0.1) is 11.8 Å². The zero-order chi connectivity index (χ0) is 18.5. The fraction of sp³-hybridized carbons (Fsp3) is 0.300. The maximum atomic E-state index is 13.0. The third-order valence-electron chi connectivity index (χ3n) is 4.48. The van der Waals surface area contributed by atoms with Gasteiger partial charge in [0.15, 0.2) is 0 Å². The smallest absolute Gasteiger partial charge is 0.252 e. The van der Waals surface area contributed by atoms with Gasteiger partial charge in [0, 0.05) is 36.9 Å². The van der Waals surface area contributed by atoms with Crippen LogP contribution in [0.2, 0.25) is 0 Å². The summed E-state index contributed by atoms with van der Waals surface area (Å²) in [6.07, 6.45) is 2.36. The zero-order valence-electron chi connectivity index (χ0n) is 14.6. The van der Waals surface area contributed by atoms with Crippen LogP contribution in [0.5, 0.6) is 0 Å². The Morgan fingerprint density at radius 1 is 1.23 bits per heavy atom. The summed E-state index contributed by atoms with van der Waals surface area (Å²) in [5.41, 5.74) is 1.56. The number of nitrogens with zero attached hydrogens (tertiary/aromatic N) is 1. The van der Waals surface area contributed by atoms with Crippen molar-refractivity contribution in [1.82, 2.24) is 10.2 Å². The van der Waals surface area contributed by atoms with Gasteiger partial charge in [0.2, 0.25) is 5.91 Å². The molecule has 0 radical (unpaired) electrons. The first-order valence-electron chi connectivity index (χ1n) is 8.50. The number of benzene rings is 2. The Hall–Kier alpha value is -2.34. The molecule has 1 heterocycles. The molecule has 1 N–H and O–H groups in total. The molecule has 2 amide bonds. The fourth-order valence-electron chi connectivity index (χ4n) is 3.12. The lowest BCUT2D eigenvalue weighted by molar-refractivity contribution is -0.128. The average molecular weight is 372 g/mol. The van der Waals surface area contributed by atoms with Crippen molar-refractivity contribution in [3.8, 4) is 0 Å². The van der Waals surface area contributed by atoms with Crippen molar-refractivity contribution in [1.29, 1.82) is 0 Å². The Balaban J connectivity index is 1.54. The van der Waals surface area contributed by atoms with Crippen molar-refractivity contribution in [2.75, 3.05) is 19.3 Å². The number of nitrogens with one attached hydrogen (secondary N) is 1. The van der Waals surface area contributed by atoms with Gasteiger partial charge < -0.3 is 10.2 Å². The van der Waals surface area contributed by atoms with Gasteiger partial charge in [-0.05, 0) is 36.1 Å². The Morgan fingerprint density at radius 3 is 2.69 bits per heavy atom. The number of rotatable bonds is 6. The number of hydrogen-bond acceptors (Lipinski definition) is 3. The quantitative estimate of drug-likeness (QED) is 0.792. The molecule has 2 aromatic rings. The molecule has 6 heteroatoms. The molecule has 3 rings (SSSR count). The van der Waals surface area contributed by atoms with E-state index in [0.29, 0.717) is 31.6 Å². The third-order valence-corrected chi connectivity index (χ3v) is 5.28. The standard InChI is InChI=1S/C20H21FN2O2S/c1-26-18-5-3-2-4-17(18)20(25)22-11-15-10-19(24)23(13-15)12-14-6-8-16(21)9-7-14/h2-9,15H,10-13H2,1H3,(H,22,25). The second-order valence-electron chi connectivity index (χ2n) is 6.38. The normalized spacial score (nSPS) is 16.8. The van der Waals surface area contributed by atoms with E-state index in [-0.39, 0.29) is 23.5 Å². The van der Waals surface area contributed by atoms with Gasteiger partial charge in [-0.2, -0.15) is 0 Å². The Morgan fingerprint density at radius 2 is 1.96 bits per heavy atom. The number of carbonyl (C=O) groups is 2. The summed E-state index contributed by atoms with van der Waals surface area (Å²) >= 11 is 1.53. The van der Waals surface area contributed by atoms with Gasteiger partial charge in [-0.3, -0.25) is 9.59 Å². The van der Waals surface area contributed by atoms with Gasteiger partial charge in [-0.1, -0.05) is 24.3 Å². The lowest BCUT2D eigenvalue weighted by Crippen LogP contribution is -2.31. The van der Waals surface area contributed by atoms with E-state index in [1.165, 1.54) is 23.9 Å². The van der Waals surface area contributed by atoms with Crippen molar-refractivity contribution in [3.63, 3.8) is 0 Å². The first-order valence-corrected chi connectivity index (χ1v) is 9.72. The largest absolute Gasteiger partial charge is 0.352 e. The van der Waals surface area contributed by atoms with Crippen LogP contribution < -0.4 is 5.32 Å². The topological polar surface area (TPSA) is 49.4 Å². The van der Waals surface area contributed by atoms with E-state index in [9.17, 15) is 14.0 Å². The van der Waals surface area contributed by atoms with Crippen molar-refractivity contribution >= 4 is 23.6 Å². The van der Waals surface area contributed by atoms with E-state index in [4.69, 9.17) is 0 Å². The highest BCUT2D eigenvalue weighted by Gasteiger charge is 2.29. The SMILES string of the molecule is CSc1ccccc1C(=O)NCC1CC(=O)N(Cc2ccc(F)cc2)C1. The van der Waals surface area contributed by atoms with Gasteiger partial charge in [-0.25, -0.2) is 4.39 Å². The van der Waals surface area contributed by atoms with Crippen LogP contribution in [0.25, 0.3) is 0 Å². The Labute approximate surface area is 156 Å². The number of halogens is 1. The first-order chi connectivity index (χ1) is 12.6. The third kappa shape index (κ3) is 4.43. The number of likely N-dealkylation sites (tertiary alicyclic amines) is 1. The molecule has 2 aromatic carbocycles. The Kier molecular flexibility index (Phi) is 5.93. The number of amides is 2. The van der Waals surface area contributed by atoms with Gasteiger partial charge >= 0.3 is 0 Å². The lowest BCUT2D eigenvalue weighted by Gasteiger charge is -2.17. The molecule has 1 aliphatic heterocycles. The van der Waals surface area contributed by atoms with Crippen LogP contribution in [-0.2, 0) is 11.3 Å². The molecule has 4 nitrogen and oxygen atoms in total. The van der Waals surface area contributed by atoms with Gasteiger partial charge in [0.05, 0.1) is 5.56 Å². The molecule has 1 fully saturated rings. The molecule has 0 aromatic heterocycles. The van der Waals surface area contributed by atoms with E-state index in [1.807, 2.05) is 30.5 Å². The van der Waals surface area contributed by atoms with Crippen molar-refractivity contribution in [2.45, 2.75) is 17.9 Å². The molecule has 0 bridgehead atoms. The molecular formula is C20H21FN2O2S. The molecule has 0 saturated carbocycles. The van der Waals surface area contributed by atoms with E-state index in [2.05, 4.69) is 5.32 Å². The number of hydrogen-bond donors (Lipinski definition) is 1. The lowest BCUT2D eigenvalue weighted by atomic mass is 10.1. The molecule has 1 atom stereocenters. The summed E-state index contributed by atoms with van der Waals surface area (Å²) in [5, 5.41) is 2.95. The predicted octanol–water partition coefficient (Wildman–Crippen LogP) is 3.33. The summed E-state index contributed by atoms with van der Waals surface area (Å²) < 4.78 is 13.0. The molecule has 1 saturated heterocycles. The van der Waals surface area contributed by atoms with Crippen LogP contribution in [0.4, 0.5) is 4.39 Å². The van der Waals surface area contributed by atoms with Crippen LogP contribution >= 0.6 is 11.8 Å². The summed E-state index contributed by atoms with van der Waals surface area (Å²) in [7, 11) is 0. The first kappa shape index (κ1) is 18.5. The molecule has 26 heavy (non-hydrogen) atoms. The molecule has 136 valence electrons. The molecular weight excluding hydrogens is 351 g/mol. The maximum absolute atomic E-state index is 13.0. The zero-order valence-corrected chi connectivity index (χ0v) is 15.4. The fourth-order valence-corrected chi connectivity index (χ4v) is 3.71.